The summed E-state index contributed by atoms with van der Waals surface area (Å²) in [6.45, 7) is 6.08. The Kier molecular flexibility index (Phi) is 3.63. The lowest BCUT2D eigenvalue weighted by Crippen LogP contribution is -2.37. The van der Waals surface area contributed by atoms with Crippen LogP contribution in [0.1, 0.15) is 43.7 Å². The van der Waals surface area contributed by atoms with Crippen LogP contribution in [0.25, 0.3) is 0 Å². The standard InChI is InChI=1S/C19H21NO3/c1-11-4-6-12(7-5-11)13-8-14(18(22)23)20-15-9-19(2,3)10-16(21)17(13)15/h4-8,13,20H,9-10H2,1-3H3,(H,22,23)/t13-/m0/s1. The molecule has 0 unspecified atom stereocenters. The topological polar surface area (TPSA) is 66.4 Å². The minimum absolute atomic E-state index is 0.106. The smallest absolute Gasteiger partial charge is 0.351 e. The normalized spacial score (nSPS) is 23.0. The minimum Gasteiger partial charge on any atom is -0.477 e. The maximum atomic E-state index is 12.7. The summed E-state index contributed by atoms with van der Waals surface area (Å²) in [4.78, 5) is 24.2. The van der Waals surface area contributed by atoms with Gasteiger partial charge in [0.15, 0.2) is 5.78 Å². The van der Waals surface area contributed by atoms with Crippen molar-refractivity contribution in [2.75, 3.05) is 0 Å². The number of carbonyl (C=O) groups excluding carboxylic acids is 1. The molecule has 0 radical (unpaired) electrons. The van der Waals surface area contributed by atoms with Crippen LogP contribution in [0.15, 0.2) is 47.3 Å². The van der Waals surface area contributed by atoms with E-state index in [1.165, 1.54) is 0 Å². The van der Waals surface area contributed by atoms with E-state index < -0.39 is 5.97 Å². The van der Waals surface area contributed by atoms with E-state index in [0.29, 0.717) is 12.8 Å². The van der Waals surface area contributed by atoms with Crippen LogP contribution in [-0.4, -0.2) is 16.9 Å². The maximum Gasteiger partial charge on any atom is 0.351 e. The number of benzene rings is 1. The summed E-state index contributed by atoms with van der Waals surface area (Å²) in [6.07, 6.45) is 2.83. The molecule has 120 valence electrons. The molecule has 4 heteroatoms. The lowest BCUT2D eigenvalue weighted by Gasteiger charge is -2.37. The molecule has 1 aliphatic carbocycles. The van der Waals surface area contributed by atoms with E-state index in [4.69, 9.17) is 0 Å². The van der Waals surface area contributed by atoms with Gasteiger partial charge in [-0.15, -0.1) is 0 Å². The monoisotopic (exact) mass is 311 g/mol. The quantitative estimate of drug-likeness (QED) is 0.879. The summed E-state index contributed by atoms with van der Waals surface area (Å²) in [7, 11) is 0. The molecule has 0 saturated carbocycles. The zero-order valence-corrected chi connectivity index (χ0v) is 13.6. The van der Waals surface area contributed by atoms with Crippen LogP contribution >= 0.6 is 0 Å². The van der Waals surface area contributed by atoms with Crippen molar-refractivity contribution >= 4 is 11.8 Å². The SMILES string of the molecule is Cc1ccc([C@@H]2C=C(C(=O)O)NC3=C2C(=O)CC(C)(C)C3)cc1. The van der Waals surface area contributed by atoms with Crippen molar-refractivity contribution in [1.82, 2.24) is 5.32 Å². The molecule has 0 spiro atoms. The van der Waals surface area contributed by atoms with Gasteiger partial charge in [0.05, 0.1) is 0 Å². The van der Waals surface area contributed by atoms with Gasteiger partial charge >= 0.3 is 5.97 Å². The highest BCUT2D eigenvalue weighted by Crippen LogP contribution is 2.43. The lowest BCUT2D eigenvalue weighted by atomic mass is 9.70. The first-order chi connectivity index (χ1) is 10.8. The lowest BCUT2D eigenvalue weighted by molar-refractivity contribution is -0.133. The predicted molar refractivity (Wildman–Crippen MR) is 87.8 cm³/mol. The number of aryl methyl sites for hydroxylation is 1. The van der Waals surface area contributed by atoms with E-state index in [1.54, 1.807) is 6.08 Å². The van der Waals surface area contributed by atoms with Crippen LogP contribution in [0.3, 0.4) is 0 Å². The molecule has 0 fully saturated rings. The molecular weight excluding hydrogens is 290 g/mol. The highest BCUT2D eigenvalue weighted by Gasteiger charge is 2.39. The number of allylic oxidation sites excluding steroid dienone is 3. The van der Waals surface area contributed by atoms with Crippen LogP contribution in [0.2, 0.25) is 0 Å². The zero-order chi connectivity index (χ0) is 16.8. The molecule has 0 aromatic heterocycles. The highest BCUT2D eigenvalue weighted by molar-refractivity contribution is 6.01. The van der Waals surface area contributed by atoms with Gasteiger partial charge in [-0.25, -0.2) is 4.79 Å². The number of rotatable bonds is 2. The maximum absolute atomic E-state index is 12.7. The first kappa shape index (κ1) is 15.5. The summed E-state index contributed by atoms with van der Waals surface area (Å²) in [5.41, 5.74) is 3.57. The van der Waals surface area contributed by atoms with Crippen molar-refractivity contribution in [3.63, 3.8) is 0 Å². The van der Waals surface area contributed by atoms with Crippen molar-refractivity contribution in [2.45, 2.75) is 39.5 Å². The molecule has 1 atom stereocenters. The molecule has 3 rings (SSSR count). The number of hydrogen-bond donors (Lipinski definition) is 2. The number of dihydropyridines is 1. The Morgan fingerprint density at radius 2 is 1.87 bits per heavy atom. The molecule has 0 bridgehead atoms. The number of Topliss-reactive ketones (excluding diaryl/α,β-unsaturated/α-hetero) is 1. The molecular formula is C19H21NO3. The summed E-state index contributed by atoms with van der Waals surface area (Å²) < 4.78 is 0. The van der Waals surface area contributed by atoms with E-state index in [9.17, 15) is 14.7 Å². The van der Waals surface area contributed by atoms with Gasteiger partial charge in [0.25, 0.3) is 0 Å². The van der Waals surface area contributed by atoms with Gasteiger partial charge in [-0.1, -0.05) is 43.7 Å². The fraction of sp³-hybridized carbons (Fsp3) is 0.368. The van der Waals surface area contributed by atoms with Crippen LogP contribution in [-0.2, 0) is 9.59 Å². The number of carboxylic acid groups (broad SMARTS) is 1. The first-order valence-corrected chi connectivity index (χ1v) is 7.82. The molecule has 0 saturated heterocycles. The Morgan fingerprint density at radius 1 is 1.22 bits per heavy atom. The zero-order valence-electron chi connectivity index (χ0n) is 13.6. The molecule has 1 aromatic carbocycles. The Hall–Kier alpha value is -2.36. The van der Waals surface area contributed by atoms with Gasteiger partial charge in [0.1, 0.15) is 5.70 Å². The number of hydrogen-bond acceptors (Lipinski definition) is 3. The van der Waals surface area contributed by atoms with Crippen LogP contribution < -0.4 is 5.32 Å². The first-order valence-electron chi connectivity index (χ1n) is 7.82. The fourth-order valence-electron chi connectivity index (χ4n) is 3.42. The number of aliphatic carboxylic acids is 1. The Morgan fingerprint density at radius 3 is 2.48 bits per heavy atom. The third kappa shape index (κ3) is 2.93. The van der Waals surface area contributed by atoms with E-state index in [-0.39, 0.29) is 22.8 Å². The molecule has 1 heterocycles. The number of carboxylic acids is 1. The third-order valence-corrected chi connectivity index (χ3v) is 4.52. The van der Waals surface area contributed by atoms with Gasteiger partial charge in [-0.3, -0.25) is 4.79 Å². The second kappa shape index (κ2) is 5.37. The van der Waals surface area contributed by atoms with Gasteiger partial charge in [0.2, 0.25) is 0 Å². The molecule has 4 nitrogen and oxygen atoms in total. The summed E-state index contributed by atoms with van der Waals surface area (Å²) >= 11 is 0. The Balaban J connectivity index is 2.11. The minimum atomic E-state index is -0.996. The largest absolute Gasteiger partial charge is 0.477 e. The number of nitrogens with one attached hydrogen (secondary N) is 1. The van der Waals surface area contributed by atoms with Gasteiger partial charge in [0, 0.05) is 23.6 Å². The molecule has 2 N–H and O–H groups in total. The summed E-state index contributed by atoms with van der Waals surface area (Å²) in [5.74, 6) is -1.18. The summed E-state index contributed by atoms with van der Waals surface area (Å²) in [5, 5.41) is 12.4. The Bertz CT molecular complexity index is 738. The van der Waals surface area contributed by atoms with Crippen molar-refractivity contribution in [3.05, 3.63) is 58.4 Å². The van der Waals surface area contributed by atoms with Crippen molar-refractivity contribution in [2.24, 2.45) is 5.41 Å². The predicted octanol–water partition coefficient (Wildman–Crippen LogP) is 3.29. The summed E-state index contributed by atoms with van der Waals surface area (Å²) in [6, 6.07) is 7.92. The average molecular weight is 311 g/mol. The van der Waals surface area contributed by atoms with E-state index in [0.717, 1.165) is 22.4 Å². The molecule has 1 aliphatic heterocycles. The average Bonchev–Trinajstić information content (AvgIpc) is 2.45. The second-order valence-corrected chi connectivity index (χ2v) is 7.23. The fourth-order valence-corrected chi connectivity index (χ4v) is 3.42. The molecule has 2 aliphatic rings. The second-order valence-electron chi connectivity index (χ2n) is 7.23. The van der Waals surface area contributed by atoms with Crippen molar-refractivity contribution in [3.8, 4) is 0 Å². The Labute approximate surface area is 135 Å². The number of carbonyl (C=O) groups is 2. The third-order valence-electron chi connectivity index (χ3n) is 4.52. The molecule has 1 aromatic rings. The number of ketones is 1. The van der Waals surface area contributed by atoms with Crippen molar-refractivity contribution < 1.29 is 14.7 Å². The molecule has 23 heavy (non-hydrogen) atoms. The van der Waals surface area contributed by atoms with Gasteiger partial charge < -0.3 is 10.4 Å². The highest BCUT2D eigenvalue weighted by atomic mass is 16.4. The molecule has 0 amide bonds. The van der Waals surface area contributed by atoms with Crippen LogP contribution in [0.4, 0.5) is 0 Å². The van der Waals surface area contributed by atoms with Crippen molar-refractivity contribution in [1.29, 1.82) is 0 Å². The van der Waals surface area contributed by atoms with Crippen LogP contribution in [0.5, 0.6) is 0 Å². The van der Waals surface area contributed by atoms with Gasteiger partial charge in [-0.2, -0.15) is 0 Å². The van der Waals surface area contributed by atoms with E-state index in [2.05, 4.69) is 5.32 Å². The van der Waals surface area contributed by atoms with E-state index in [1.807, 2.05) is 45.0 Å². The van der Waals surface area contributed by atoms with Crippen LogP contribution in [0, 0.1) is 12.3 Å². The van der Waals surface area contributed by atoms with Gasteiger partial charge in [-0.05, 0) is 30.4 Å². The van der Waals surface area contributed by atoms with E-state index >= 15 is 0 Å².